The predicted octanol–water partition coefficient (Wildman–Crippen LogP) is 3.55. The van der Waals surface area contributed by atoms with Crippen LogP contribution in [-0.4, -0.2) is 38.1 Å². The highest BCUT2D eigenvalue weighted by Gasteiger charge is 2.33. The van der Waals surface area contributed by atoms with E-state index < -0.39 is 27.9 Å². The van der Waals surface area contributed by atoms with Crippen molar-refractivity contribution in [2.24, 2.45) is 0 Å². The van der Waals surface area contributed by atoms with E-state index in [1.54, 1.807) is 22.9 Å². The number of carbonyl (C=O) groups excluding carboxylic acids is 2. The summed E-state index contributed by atoms with van der Waals surface area (Å²) in [6, 6.07) is 9.95. The molecule has 0 aliphatic carbocycles. The zero-order valence-electron chi connectivity index (χ0n) is 16.4. The number of nitrogens with zero attached hydrogens (tertiary/aromatic N) is 1. The summed E-state index contributed by atoms with van der Waals surface area (Å²) in [4.78, 5) is 25.1. The van der Waals surface area contributed by atoms with Crippen LogP contribution in [0.15, 0.2) is 42.5 Å². The maximum Gasteiger partial charge on any atom is 0.423 e. The monoisotopic (exact) mass is 453 g/mol. The van der Waals surface area contributed by atoms with Crippen molar-refractivity contribution in [1.29, 1.82) is 0 Å². The first-order valence-electron chi connectivity index (χ1n) is 8.83. The lowest BCUT2D eigenvalue weighted by Crippen LogP contribution is -2.46. The van der Waals surface area contributed by atoms with Gasteiger partial charge in [0.05, 0.1) is 10.7 Å². The minimum absolute atomic E-state index is 0.0734. The first-order valence-corrected chi connectivity index (χ1v) is 10.7. The molecule has 2 aromatic rings. The van der Waals surface area contributed by atoms with Crippen molar-refractivity contribution in [1.82, 2.24) is 9.62 Å². The molecule has 0 radical (unpaired) electrons. The summed E-state index contributed by atoms with van der Waals surface area (Å²) in [5.74, 6) is 0.553. The van der Waals surface area contributed by atoms with E-state index in [4.69, 9.17) is 21.1 Å². The molecule has 0 atom stereocenters. The molecule has 2 aromatic carbocycles. The highest BCUT2D eigenvalue weighted by atomic mass is 35.5. The van der Waals surface area contributed by atoms with Crippen LogP contribution in [0.1, 0.15) is 19.4 Å². The number of hydrogen-bond acceptors (Lipinski definition) is 6. The van der Waals surface area contributed by atoms with E-state index in [0.717, 1.165) is 12.6 Å². The fourth-order valence-electron chi connectivity index (χ4n) is 2.81. The number of nitrogens with one attached hydrogen (secondary N) is 2. The Labute approximate surface area is 179 Å². The molecule has 0 unspecified atom stereocenters. The summed E-state index contributed by atoms with van der Waals surface area (Å²) >= 11 is 5.90. The van der Waals surface area contributed by atoms with Crippen LogP contribution < -0.4 is 18.9 Å². The van der Waals surface area contributed by atoms with Crippen molar-refractivity contribution < 1.29 is 27.5 Å². The SMILES string of the molecule is CN(C(=O)NS(=O)(=O)Nc1ccccc1Cl)C(=O)Oc1cccc2c1OC(C)(C)C2. The van der Waals surface area contributed by atoms with Gasteiger partial charge < -0.3 is 9.47 Å². The molecule has 2 N–H and O–H groups in total. The molecule has 0 spiro atoms. The van der Waals surface area contributed by atoms with Gasteiger partial charge in [-0.2, -0.15) is 8.42 Å². The number of anilines is 1. The van der Waals surface area contributed by atoms with Gasteiger partial charge in [-0.05, 0) is 32.0 Å². The van der Waals surface area contributed by atoms with Gasteiger partial charge in [-0.1, -0.05) is 35.9 Å². The van der Waals surface area contributed by atoms with E-state index in [1.807, 2.05) is 19.9 Å². The van der Waals surface area contributed by atoms with Crippen LogP contribution in [0.25, 0.3) is 0 Å². The second kappa shape index (κ2) is 8.04. The van der Waals surface area contributed by atoms with Gasteiger partial charge in [0.2, 0.25) is 0 Å². The number of urea groups is 1. The van der Waals surface area contributed by atoms with Gasteiger partial charge in [0.1, 0.15) is 5.60 Å². The molecule has 0 saturated carbocycles. The van der Waals surface area contributed by atoms with E-state index in [2.05, 4.69) is 4.72 Å². The molecule has 3 rings (SSSR count). The van der Waals surface area contributed by atoms with Crippen molar-refractivity contribution >= 4 is 39.6 Å². The van der Waals surface area contributed by atoms with Crippen LogP contribution in [0.4, 0.5) is 15.3 Å². The first-order chi connectivity index (χ1) is 14.0. The molecule has 1 aliphatic rings. The van der Waals surface area contributed by atoms with Gasteiger partial charge in [-0.3, -0.25) is 4.72 Å². The molecular weight excluding hydrogens is 434 g/mol. The van der Waals surface area contributed by atoms with Gasteiger partial charge in [-0.25, -0.2) is 19.2 Å². The molecule has 1 aliphatic heterocycles. The number of amides is 3. The topological polar surface area (TPSA) is 114 Å². The van der Waals surface area contributed by atoms with Gasteiger partial charge in [0.25, 0.3) is 0 Å². The number of rotatable bonds is 4. The van der Waals surface area contributed by atoms with E-state index >= 15 is 0 Å². The average molecular weight is 454 g/mol. The van der Waals surface area contributed by atoms with E-state index in [1.165, 1.54) is 18.2 Å². The molecular formula is C19H20ClN3O6S. The summed E-state index contributed by atoms with van der Waals surface area (Å²) in [7, 11) is -3.26. The largest absolute Gasteiger partial charge is 0.483 e. The Morgan fingerprint density at radius 2 is 1.87 bits per heavy atom. The highest BCUT2D eigenvalue weighted by Crippen LogP contribution is 2.41. The quantitative estimate of drug-likeness (QED) is 0.731. The summed E-state index contributed by atoms with van der Waals surface area (Å²) < 4.78 is 39.2. The molecule has 1 heterocycles. The fourth-order valence-corrected chi connectivity index (χ4v) is 3.94. The standard InChI is InChI=1S/C19H20ClN3O6S/c1-19(2)11-12-7-6-10-15(16(12)29-19)28-18(25)23(3)17(24)22-30(26,27)21-14-9-5-4-8-13(14)20/h4-10,21H,11H2,1-3H3,(H,22,24). The summed E-state index contributed by atoms with van der Waals surface area (Å²) in [5, 5.41) is 0.143. The smallest absolute Gasteiger partial charge is 0.423 e. The summed E-state index contributed by atoms with van der Waals surface area (Å²) in [6.07, 6.45) is -0.446. The molecule has 0 bridgehead atoms. The normalized spacial score (nSPS) is 14.3. The summed E-state index contributed by atoms with van der Waals surface area (Å²) in [5.41, 5.74) is 0.486. The lowest BCUT2D eigenvalue weighted by molar-refractivity contribution is 0.129. The zero-order chi connectivity index (χ0) is 22.1. The average Bonchev–Trinajstić information content (AvgIpc) is 2.97. The molecule has 0 fully saturated rings. The minimum atomic E-state index is -4.34. The van der Waals surface area contributed by atoms with Gasteiger partial charge in [0, 0.05) is 19.0 Å². The molecule has 9 nitrogen and oxygen atoms in total. The Hall–Kier alpha value is -2.98. The van der Waals surface area contributed by atoms with Gasteiger partial charge >= 0.3 is 22.3 Å². The Morgan fingerprint density at radius 3 is 2.57 bits per heavy atom. The molecule has 30 heavy (non-hydrogen) atoms. The van der Waals surface area contributed by atoms with Crippen molar-refractivity contribution in [3.8, 4) is 11.5 Å². The first kappa shape index (κ1) is 21.7. The second-order valence-electron chi connectivity index (χ2n) is 7.20. The van der Waals surface area contributed by atoms with Crippen LogP contribution >= 0.6 is 11.6 Å². The Morgan fingerprint density at radius 1 is 1.17 bits per heavy atom. The number of halogens is 1. The third kappa shape index (κ3) is 4.95. The predicted molar refractivity (Wildman–Crippen MR) is 111 cm³/mol. The second-order valence-corrected chi connectivity index (χ2v) is 9.02. The summed E-state index contributed by atoms with van der Waals surface area (Å²) in [6.45, 7) is 3.80. The lowest BCUT2D eigenvalue weighted by atomic mass is 10.0. The van der Waals surface area contributed by atoms with Crippen LogP contribution in [0.3, 0.4) is 0 Å². The number of hydrogen-bond donors (Lipinski definition) is 2. The maximum atomic E-state index is 12.4. The van der Waals surface area contributed by atoms with Crippen LogP contribution in [0, 0.1) is 0 Å². The van der Waals surface area contributed by atoms with E-state index in [-0.39, 0.29) is 16.5 Å². The van der Waals surface area contributed by atoms with Crippen molar-refractivity contribution in [2.75, 3.05) is 11.8 Å². The number of fused-ring (bicyclic) bond motifs is 1. The van der Waals surface area contributed by atoms with Gasteiger partial charge in [0.15, 0.2) is 11.5 Å². The molecule has 11 heteroatoms. The number of para-hydroxylation sites is 2. The zero-order valence-corrected chi connectivity index (χ0v) is 18.0. The molecule has 0 aromatic heterocycles. The van der Waals surface area contributed by atoms with Gasteiger partial charge in [-0.15, -0.1) is 0 Å². The minimum Gasteiger partial charge on any atom is -0.483 e. The van der Waals surface area contributed by atoms with Crippen LogP contribution in [0.5, 0.6) is 11.5 Å². The van der Waals surface area contributed by atoms with Crippen molar-refractivity contribution in [3.05, 3.63) is 53.1 Å². The van der Waals surface area contributed by atoms with Crippen molar-refractivity contribution in [2.45, 2.75) is 25.9 Å². The number of ether oxygens (including phenoxy) is 2. The maximum absolute atomic E-state index is 12.4. The highest BCUT2D eigenvalue weighted by molar-refractivity contribution is 7.91. The molecule has 3 amide bonds. The van der Waals surface area contributed by atoms with Crippen molar-refractivity contribution in [3.63, 3.8) is 0 Å². The Balaban J connectivity index is 1.66. The number of benzene rings is 2. The van der Waals surface area contributed by atoms with E-state index in [0.29, 0.717) is 17.1 Å². The van der Waals surface area contributed by atoms with Crippen LogP contribution in [-0.2, 0) is 16.6 Å². The lowest BCUT2D eigenvalue weighted by Gasteiger charge is -2.19. The third-order valence-electron chi connectivity index (χ3n) is 4.17. The number of imide groups is 1. The van der Waals surface area contributed by atoms with E-state index in [9.17, 15) is 18.0 Å². The molecule has 0 saturated heterocycles. The third-order valence-corrected chi connectivity index (χ3v) is 5.43. The fraction of sp³-hybridized carbons (Fsp3) is 0.263. The molecule has 160 valence electrons. The Kier molecular flexibility index (Phi) is 5.82. The van der Waals surface area contributed by atoms with Crippen LogP contribution in [0.2, 0.25) is 5.02 Å². The Bertz CT molecular complexity index is 1100. The number of carbonyl (C=O) groups is 2.